The number of benzene rings is 2. The van der Waals surface area contributed by atoms with Crippen LogP contribution in [0.15, 0.2) is 42.5 Å². The average Bonchev–Trinajstić information content (AvgIpc) is 2.64. The van der Waals surface area contributed by atoms with E-state index in [2.05, 4.69) is 36.5 Å². The lowest BCUT2D eigenvalue weighted by atomic mass is 10.1. The fourth-order valence-corrected chi connectivity index (χ4v) is 3.88. The molecule has 2 aromatic carbocycles. The predicted octanol–water partition coefficient (Wildman–Crippen LogP) is 1.10. The van der Waals surface area contributed by atoms with E-state index >= 15 is 0 Å². The van der Waals surface area contributed by atoms with Crippen LogP contribution in [0.5, 0.6) is 0 Å². The summed E-state index contributed by atoms with van der Waals surface area (Å²) in [4.78, 5) is 15.4. The van der Waals surface area contributed by atoms with Crippen LogP contribution >= 0.6 is 11.6 Å². The van der Waals surface area contributed by atoms with Gasteiger partial charge >= 0.3 is 0 Å². The Morgan fingerprint density at radius 1 is 1.19 bits per heavy atom. The van der Waals surface area contributed by atoms with Crippen LogP contribution in [0, 0.1) is 12.7 Å². The van der Waals surface area contributed by atoms with Crippen LogP contribution in [0.1, 0.15) is 18.1 Å². The lowest BCUT2D eigenvalue weighted by molar-refractivity contribution is -1.02. The van der Waals surface area contributed by atoms with Crippen molar-refractivity contribution < 1.29 is 19.0 Å². The molecule has 1 heterocycles. The van der Waals surface area contributed by atoms with E-state index in [0.717, 1.165) is 32.7 Å². The van der Waals surface area contributed by atoms with Gasteiger partial charge in [0.05, 0.1) is 10.7 Å². The van der Waals surface area contributed by atoms with Gasteiger partial charge in [0.25, 0.3) is 5.91 Å². The third-order valence-corrected chi connectivity index (χ3v) is 5.64. The van der Waals surface area contributed by atoms with Crippen molar-refractivity contribution in [2.75, 3.05) is 31.5 Å². The number of hydrogen-bond donors (Lipinski definition) is 3. The van der Waals surface area contributed by atoms with Gasteiger partial charge in [-0.2, -0.15) is 0 Å². The van der Waals surface area contributed by atoms with Crippen LogP contribution < -0.4 is 15.1 Å². The zero-order chi connectivity index (χ0) is 19.4. The summed E-state index contributed by atoms with van der Waals surface area (Å²) in [5.41, 5.74) is 3.11. The molecule has 1 fully saturated rings. The van der Waals surface area contributed by atoms with Crippen LogP contribution in [-0.4, -0.2) is 38.1 Å². The zero-order valence-electron chi connectivity index (χ0n) is 15.8. The number of halogens is 2. The summed E-state index contributed by atoms with van der Waals surface area (Å²) in [6.07, 6.45) is 0. The standard InChI is InChI=1S/C21H25ClFN3O/c1-15-4-3-5-17(12-15)14-25-8-10-26(11-9-25)16(2)21(27)24-20-7-6-18(23)13-19(20)22/h3-7,12-13,16H,8-11,14H2,1-2H3,(H,24,27)/p+2/t16-/m0/s1. The highest BCUT2D eigenvalue weighted by Crippen LogP contribution is 2.22. The number of piperazine rings is 1. The largest absolute Gasteiger partial charge is 0.322 e. The Labute approximate surface area is 164 Å². The third kappa shape index (κ3) is 5.28. The van der Waals surface area contributed by atoms with Gasteiger partial charge in [-0.3, -0.25) is 4.79 Å². The first-order chi connectivity index (χ1) is 12.9. The Morgan fingerprint density at radius 2 is 1.93 bits per heavy atom. The summed E-state index contributed by atoms with van der Waals surface area (Å²) >= 11 is 6.01. The monoisotopic (exact) mass is 391 g/mol. The smallest absolute Gasteiger partial charge is 0.282 e. The molecule has 3 rings (SSSR count). The van der Waals surface area contributed by atoms with Crippen LogP contribution in [0.2, 0.25) is 5.02 Å². The van der Waals surface area contributed by atoms with E-state index < -0.39 is 5.82 Å². The van der Waals surface area contributed by atoms with Gasteiger partial charge in [-0.1, -0.05) is 41.4 Å². The number of nitrogens with one attached hydrogen (secondary N) is 3. The Balaban J connectivity index is 1.51. The van der Waals surface area contributed by atoms with Crippen molar-refractivity contribution in [3.63, 3.8) is 0 Å². The third-order valence-electron chi connectivity index (χ3n) is 5.33. The van der Waals surface area contributed by atoms with Gasteiger partial charge in [-0.15, -0.1) is 0 Å². The Kier molecular flexibility index (Phi) is 6.47. The molecule has 0 spiro atoms. The number of quaternary nitrogens is 2. The lowest BCUT2D eigenvalue weighted by Gasteiger charge is -2.32. The lowest BCUT2D eigenvalue weighted by Crippen LogP contribution is -3.29. The normalized spacial score (nSPS) is 20.9. The van der Waals surface area contributed by atoms with E-state index in [1.54, 1.807) is 4.90 Å². The zero-order valence-corrected chi connectivity index (χ0v) is 16.6. The van der Waals surface area contributed by atoms with E-state index in [4.69, 9.17) is 11.6 Å². The summed E-state index contributed by atoms with van der Waals surface area (Å²) in [5, 5.41) is 3.05. The first kappa shape index (κ1) is 19.8. The highest BCUT2D eigenvalue weighted by atomic mass is 35.5. The molecule has 0 bridgehead atoms. The summed E-state index contributed by atoms with van der Waals surface area (Å²) in [7, 11) is 0. The Hall–Kier alpha value is -1.95. The second-order valence-electron chi connectivity index (χ2n) is 7.41. The van der Waals surface area contributed by atoms with Crippen LogP contribution in [0.4, 0.5) is 10.1 Å². The first-order valence-electron chi connectivity index (χ1n) is 9.42. The van der Waals surface area contributed by atoms with Crippen LogP contribution in [0.3, 0.4) is 0 Å². The van der Waals surface area contributed by atoms with Gasteiger partial charge in [-0.05, 0) is 32.0 Å². The molecule has 27 heavy (non-hydrogen) atoms. The van der Waals surface area contributed by atoms with Crippen molar-refractivity contribution in [1.82, 2.24) is 0 Å². The topological polar surface area (TPSA) is 38.0 Å². The molecule has 1 saturated heterocycles. The highest BCUT2D eigenvalue weighted by molar-refractivity contribution is 6.33. The molecule has 0 aromatic heterocycles. The number of carbonyl (C=O) groups is 1. The minimum absolute atomic E-state index is 0.0827. The maximum atomic E-state index is 13.1. The summed E-state index contributed by atoms with van der Waals surface area (Å²) in [6, 6.07) is 12.5. The molecule has 144 valence electrons. The van der Waals surface area contributed by atoms with Crippen molar-refractivity contribution >= 4 is 23.2 Å². The van der Waals surface area contributed by atoms with Gasteiger partial charge in [0.1, 0.15) is 38.5 Å². The molecule has 4 nitrogen and oxygen atoms in total. The highest BCUT2D eigenvalue weighted by Gasteiger charge is 2.31. The van der Waals surface area contributed by atoms with Crippen molar-refractivity contribution in [1.29, 1.82) is 0 Å². The Bertz CT molecular complexity index is 806. The van der Waals surface area contributed by atoms with Gasteiger partial charge in [0.15, 0.2) is 6.04 Å². The second kappa shape index (κ2) is 8.83. The maximum Gasteiger partial charge on any atom is 0.282 e. The molecule has 2 aromatic rings. The van der Waals surface area contributed by atoms with Crippen molar-refractivity contribution in [3.05, 3.63) is 64.4 Å². The molecule has 0 aliphatic carbocycles. The van der Waals surface area contributed by atoms with E-state index in [-0.39, 0.29) is 17.0 Å². The minimum Gasteiger partial charge on any atom is -0.322 e. The van der Waals surface area contributed by atoms with Crippen LogP contribution in [0.25, 0.3) is 0 Å². The summed E-state index contributed by atoms with van der Waals surface area (Å²) in [5.74, 6) is -0.495. The molecule has 1 atom stereocenters. The van der Waals surface area contributed by atoms with Gasteiger partial charge in [0.2, 0.25) is 0 Å². The second-order valence-corrected chi connectivity index (χ2v) is 7.82. The van der Waals surface area contributed by atoms with Crippen molar-refractivity contribution in [2.24, 2.45) is 0 Å². The Morgan fingerprint density at radius 3 is 2.59 bits per heavy atom. The molecule has 1 aliphatic rings. The number of amides is 1. The summed E-state index contributed by atoms with van der Waals surface area (Å²) < 4.78 is 13.1. The first-order valence-corrected chi connectivity index (χ1v) is 9.80. The minimum atomic E-state index is -0.413. The molecule has 1 amide bonds. The van der Waals surface area contributed by atoms with Gasteiger partial charge in [-0.25, -0.2) is 4.39 Å². The number of rotatable bonds is 5. The van der Waals surface area contributed by atoms with E-state index in [9.17, 15) is 9.18 Å². The molecular weight excluding hydrogens is 365 g/mol. The molecule has 1 aliphatic heterocycles. The SMILES string of the molecule is Cc1cccc(C[NH+]2CC[NH+]([C@@H](C)C(=O)Nc3ccc(F)cc3Cl)CC2)c1. The van der Waals surface area contributed by atoms with Crippen molar-refractivity contribution in [2.45, 2.75) is 26.4 Å². The van der Waals surface area contributed by atoms with E-state index in [1.807, 2.05) is 6.92 Å². The molecule has 6 heteroatoms. The molecule has 3 N–H and O–H groups in total. The maximum absolute atomic E-state index is 13.1. The fraction of sp³-hybridized carbons (Fsp3) is 0.381. The summed E-state index contributed by atoms with van der Waals surface area (Å²) in [6.45, 7) is 9.07. The van der Waals surface area contributed by atoms with Gasteiger partial charge < -0.3 is 15.1 Å². The van der Waals surface area contributed by atoms with E-state index in [0.29, 0.717) is 5.69 Å². The molecular formula is C21H27ClFN3O+2. The number of carbonyl (C=O) groups excluding carboxylic acids is 1. The molecule has 0 saturated carbocycles. The number of anilines is 1. The van der Waals surface area contributed by atoms with E-state index in [1.165, 1.54) is 34.2 Å². The average molecular weight is 392 g/mol. The quantitative estimate of drug-likeness (QED) is 0.701. The fourth-order valence-electron chi connectivity index (χ4n) is 3.66. The van der Waals surface area contributed by atoms with Gasteiger partial charge in [0, 0.05) is 5.56 Å². The number of aryl methyl sites for hydroxylation is 1. The molecule has 0 radical (unpaired) electrons. The predicted molar refractivity (Wildman–Crippen MR) is 106 cm³/mol. The molecule has 0 unspecified atom stereocenters. The van der Waals surface area contributed by atoms with Crippen molar-refractivity contribution in [3.8, 4) is 0 Å². The van der Waals surface area contributed by atoms with Crippen LogP contribution in [-0.2, 0) is 11.3 Å². The number of hydrogen-bond acceptors (Lipinski definition) is 1.